The third kappa shape index (κ3) is 4.87. The highest BCUT2D eigenvalue weighted by Crippen LogP contribution is 2.27. The largest absolute Gasteiger partial charge is 0.495 e. The van der Waals surface area contributed by atoms with Crippen LogP contribution in [-0.4, -0.2) is 34.2 Å². The molecule has 0 atom stereocenters. The summed E-state index contributed by atoms with van der Waals surface area (Å²) in [6.07, 6.45) is 1.05. The number of halogens is 1. The van der Waals surface area contributed by atoms with Gasteiger partial charge in [-0.05, 0) is 36.8 Å². The van der Waals surface area contributed by atoms with Crippen LogP contribution in [0.15, 0.2) is 42.5 Å². The molecular formula is C17H19ClN2O4S. The van der Waals surface area contributed by atoms with Crippen molar-refractivity contribution in [2.24, 2.45) is 0 Å². The average molecular weight is 383 g/mol. The van der Waals surface area contributed by atoms with Crippen LogP contribution < -0.4 is 14.4 Å². The zero-order valence-corrected chi connectivity index (χ0v) is 15.7. The summed E-state index contributed by atoms with van der Waals surface area (Å²) in [7, 11) is -2.19. The Hall–Kier alpha value is -2.25. The average Bonchev–Trinajstić information content (AvgIpc) is 2.54. The van der Waals surface area contributed by atoms with E-state index >= 15 is 0 Å². The molecule has 1 amide bonds. The molecule has 1 N–H and O–H groups in total. The molecule has 134 valence electrons. The molecule has 6 nitrogen and oxygen atoms in total. The Balaban J connectivity index is 2.29. The molecule has 0 saturated carbocycles. The van der Waals surface area contributed by atoms with Crippen LogP contribution in [0, 0.1) is 6.92 Å². The predicted molar refractivity (Wildman–Crippen MR) is 100 cm³/mol. The fourth-order valence-corrected chi connectivity index (χ4v) is 3.37. The number of hydrogen-bond donors (Lipinski definition) is 1. The normalized spacial score (nSPS) is 11.0. The number of para-hydroxylation sites is 2. The third-order valence-corrected chi connectivity index (χ3v) is 4.87. The molecule has 25 heavy (non-hydrogen) atoms. The van der Waals surface area contributed by atoms with Gasteiger partial charge >= 0.3 is 0 Å². The minimum absolute atomic E-state index is 0.366. The fourth-order valence-electron chi connectivity index (χ4n) is 2.30. The van der Waals surface area contributed by atoms with Gasteiger partial charge in [0, 0.05) is 5.02 Å². The second-order valence-corrected chi connectivity index (χ2v) is 7.79. The summed E-state index contributed by atoms with van der Waals surface area (Å²) in [5.74, 6) is -0.00464. The Labute approximate surface area is 152 Å². The number of carbonyl (C=O) groups excluding carboxylic acids is 1. The van der Waals surface area contributed by atoms with Crippen LogP contribution in [0.3, 0.4) is 0 Å². The topological polar surface area (TPSA) is 75.7 Å². The van der Waals surface area contributed by atoms with Crippen LogP contribution in [0.5, 0.6) is 5.75 Å². The van der Waals surface area contributed by atoms with Crippen molar-refractivity contribution in [3.63, 3.8) is 0 Å². The van der Waals surface area contributed by atoms with E-state index < -0.39 is 15.9 Å². The van der Waals surface area contributed by atoms with Crippen LogP contribution in [0.2, 0.25) is 5.02 Å². The summed E-state index contributed by atoms with van der Waals surface area (Å²) >= 11 is 5.98. The zero-order valence-electron chi connectivity index (χ0n) is 14.1. The lowest BCUT2D eigenvalue weighted by molar-refractivity contribution is -0.114. The minimum atomic E-state index is -3.68. The van der Waals surface area contributed by atoms with Crippen molar-refractivity contribution in [2.45, 2.75) is 6.92 Å². The number of carbonyl (C=O) groups is 1. The minimum Gasteiger partial charge on any atom is -0.495 e. The van der Waals surface area contributed by atoms with Crippen LogP contribution >= 0.6 is 11.6 Å². The Morgan fingerprint density at radius 3 is 2.56 bits per heavy atom. The summed E-state index contributed by atoms with van der Waals surface area (Å²) in [4.78, 5) is 12.4. The molecule has 2 aromatic carbocycles. The van der Waals surface area contributed by atoms with Crippen molar-refractivity contribution in [3.8, 4) is 5.75 Å². The van der Waals surface area contributed by atoms with E-state index in [0.29, 0.717) is 27.7 Å². The van der Waals surface area contributed by atoms with E-state index in [0.717, 1.165) is 10.6 Å². The number of anilines is 2. The molecule has 0 spiro atoms. The number of nitrogens with one attached hydrogen (secondary N) is 1. The van der Waals surface area contributed by atoms with E-state index in [4.69, 9.17) is 16.3 Å². The predicted octanol–water partition coefficient (Wildman–Crippen LogP) is 3.06. The van der Waals surface area contributed by atoms with E-state index in [1.54, 1.807) is 43.3 Å². The highest BCUT2D eigenvalue weighted by Gasteiger charge is 2.23. The van der Waals surface area contributed by atoms with Crippen molar-refractivity contribution in [3.05, 3.63) is 53.1 Å². The van der Waals surface area contributed by atoms with E-state index in [9.17, 15) is 13.2 Å². The number of hydrogen-bond acceptors (Lipinski definition) is 4. The molecule has 8 heteroatoms. The Kier molecular flexibility index (Phi) is 5.92. The number of sulfonamides is 1. The molecule has 0 aliphatic carbocycles. The van der Waals surface area contributed by atoms with Crippen LogP contribution in [-0.2, 0) is 14.8 Å². The zero-order chi connectivity index (χ0) is 18.6. The lowest BCUT2D eigenvalue weighted by Gasteiger charge is -2.24. The number of ether oxygens (including phenoxy) is 1. The molecular weight excluding hydrogens is 364 g/mol. The Morgan fingerprint density at radius 2 is 1.92 bits per heavy atom. The highest BCUT2D eigenvalue weighted by molar-refractivity contribution is 7.92. The first-order valence-electron chi connectivity index (χ1n) is 7.39. The molecule has 2 rings (SSSR count). The van der Waals surface area contributed by atoms with Crippen LogP contribution in [0.25, 0.3) is 0 Å². The van der Waals surface area contributed by atoms with Crippen LogP contribution in [0.1, 0.15) is 5.56 Å². The Bertz CT molecular complexity index is 884. The number of aryl methyl sites for hydroxylation is 1. The molecule has 0 saturated heterocycles. The van der Waals surface area contributed by atoms with Gasteiger partial charge in [-0.1, -0.05) is 29.8 Å². The molecule has 2 aromatic rings. The smallest absolute Gasteiger partial charge is 0.245 e. The van der Waals surface area contributed by atoms with Gasteiger partial charge in [0.25, 0.3) is 0 Å². The van der Waals surface area contributed by atoms with Gasteiger partial charge in [0.05, 0.1) is 24.7 Å². The highest BCUT2D eigenvalue weighted by atomic mass is 35.5. The number of rotatable bonds is 6. The maximum Gasteiger partial charge on any atom is 0.245 e. The molecule has 0 heterocycles. The fraction of sp³-hybridized carbons (Fsp3) is 0.235. The van der Waals surface area contributed by atoms with Gasteiger partial charge in [-0.25, -0.2) is 8.42 Å². The molecule has 0 aromatic heterocycles. The van der Waals surface area contributed by atoms with Gasteiger partial charge in [-0.2, -0.15) is 0 Å². The first-order valence-corrected chi connectivity index (χ1v) is 9.61. The second kappa shape index (κ2) is 7.76. The number of benzene rings is 2. The van der Waals surface area contributed by atoms with Gasteiger partial charge in [0.2, 0.25) is 15.9 Å². The summed E-state index contributed by atoms with van der Waals surface area (Å²) in [5, 5.41) is 3.05. The van der Waals surface area contributed by atoms with Gasteiger partial charge in [0.1, 0.15) is 12.3 Å². The first kappa shape index (κ1) is 19.1. The molecule has 0 fully saturated rings. The molecule has 0 unspecified atom stereocenters. The molecule has 0 bridgehead atoms. The lowest BCUT2D eigenvalue weighted by Crippen LogP contribution is -2.37. The SMILES string of the molecule is COc1ccccc1NC(=O)CN(c1cc(Cl)ccc1C)S(C)(=O)=O. The third-order valence-electron chi connectivity index (χ3n) is 3.51. The van der Waals surface area contributed by atoms with E-state index in [-0.39, 0.29) is 6.54 Å². The van der Waals surface area contributed by atoms with Crippen molar-refractivity contribution < 1.29 is 17.9 Å². The summed E-state index contributed by atoms with van der Waals surface area (Å²) < 4.78 is 30.6. The number of nitrogens with zero attached hydrogens (tertiary/aromatic N) is 1. The Morgan fingerprint density at radius 1 is 1.24 bits per heavy atom. The van der Waals surface area contributed by atoms with Crippen molar-refractivity contribution in [1.29, 1.82) is 0 Å². The lowest BCUT2D eigenvalue weighted by atomic mass is 10.2. The van der Waals surface area contributed by atoms with E-state index in [2.05, 4.69) is 5.32 Å². The monoisotopic (exact) mass is 382 g/mol. The van der Waals surface area contributed by atoms with Crippen LogP contribution in [0.4, 0.5) is 11.4 Å². The first-order chi connectivity index (χ1) is 11.7. The van der Waals surface area contributed by atoms with Gasteiger partial charge in [-0.15, -0.1) is 0 Å². The van der Waals surface area contributed by atoms with Gasteiger partial charge in [-0.3, -0.25) is 9.10 Å². The quantitative estimate of drug-likeness (QED) is 0.833. The summed E-state index contributed by atoms with van der Waals surface area (Å²) in [5.41, 5.74) is 1.52. The van der Waals surface area contributed by atoms with Gasteiger partial charge < -0.3 is 10.1 Å². The van der Waals surface area contributed by atoms with Crippen molar-refractivity contribution >= 4 is 38.9 Å². The molecule has 0 aliphatic rings. The number of amides is 1. The maximum absolute atomic E-state index is 12.4. The summed E-state index contributed by atoms with van der Waals surface area (Å²) in [6.45, 7) is 1.38. The van der Waals surface area contributed by atoms with E-state index in [1.165, 1.54) is 13.2 Å². The van der Waals surface area contributed by atoms with E-state index in [1.807, 2.05) is 0 Å². The standard InChI is InChI=1S/C17H19ClN2O4S/c1-12-8-9-13(18)10-15(12)20(25(3,22)23)11-17(21)19-14-6-4-5-7-16(14)24-2/h4-10H,11H2,1-3H3,(H,19,21). The maximum atomic E-state index is 12.4. The number of methoxy groups -OCH3 is 1. The van der Waals surface area contributed by atoms with Gasteiger partial charge in [0.15, 0.2) is 0 Å². The second-order valence-electron chi connectivity index (χ2n) is 5.45. The van der Waals surface area contributed by atoms with Crippen molar-refractivity contribution in [2.75, 3.05) is 29.5 Å². The molecule has 0 radical (unpaired) electrons. The molecule has 0 aliphatic heterocycles. The summed E-state index contributed by atoms with van der Waals surface area (Å²) in [6, 6.07) is 11.8. The van der Waals surface area contributed by atoms with Crippen molar-refractivity contribution in [1.82, 2.24) is 0 Å².